The lowest BCUT2D eigenvalue weighted by Crippen LogP contribution is -2.32. The van der Waals surface area contributed by atoms with E-state index in [4.69, 9.17) is 4.74 Å². The van der Waals surface area contributed by atoms with Gasteiger partial charge in [0.15, 0.2) is 0 Å². The minimum atomic E-state index is -0.915. The number of nitrogens with zero attached hydrogens (tertiary/aromatic N) is 1. The Morgan fingerprint density at radius 1 is 0.943 bits per heavy atom. The molecule has 1 aliphatic heterocycles. The van der Waals surface area contributed by atoms with E-state index in [0.29, 0.717) is 12.2 Å². The highest BCUT2D eigenvalue weighted by atomic mass is 19.1. The number of carbonyl (C=O) groups excluding carboxylic acids is 2. The van der Waals surface area contributed by atoms with Gasteiger partial charge in [-0.25, -0.2) is 8.78 Å². The number of carbonyl (C=O) groups is 2. The number of hydrogen-bond acceptors (Lipinski definition) is 4. The molecule has 0 saturated carbocycles. The van der Waals surface area contributed by atoms with Crippen molar-refractivity contribution in [3.63, 3.8) is 0 Å². The van der Waals surface area contributed by atoms with Crippen molar-refractivity contribution < 1.29 is 23.1 Å². The van der Waals surface area contributed by atoms with Gasteiger partial charge >= 0.3 is 5.97 Å². The van der Waals surface area contributed by atoms with Crippen molar-refractivity contribution in [3.05, 3.63) is 107 Å². The fourth-order valence-electron chi connectivity index (χ4n) is 4.20. The van der Waals surface area contributed by atoms with E-state index in [9.17, 15) is 18.4 Å². The monoisotopic (exact) mass is 476 g/mol. The van der Waals surface area contributed by atoms with Crippen molar-refractivity contribution in [2.24, 2.45) is 0 Å². The Hall–Kier alpha value is -3.84. The molecule has 0 bridgehead atoms. The third-order valence-corrected chi connectivity index (χ3v) is 5.90. The van der Waals surface area contributed by atoms with E-state index in [-0.39, 0.29) is 12.6 Å². The van der Waals surface area contributed by atoms with E-state index in [1.165, 1.54) is 18.6 Å². The molecule has 35 heavy (non-hydrogen) atoms. The Kier molecular flexibility index (Phi) is 7.67. The number of ether oxygens (including phenoxy) is 1. The van der Waals surface area contributed by atoms with Crippen molar-refractivity contribution >= 4 is 23.1 Å². The molecule has 0 radical (unpaired) electrons. The fourth-order valence-corrected chi connectivity index (χ4v) is 4.20. The zero-order chi connectivity index (χ0) is 24.8. The van der Waals surface area contributed by atoms with Gasteiger partial charge in [-0.15, -0.1) is 0 Å². The third kappa shape index (κ3) is 6.19. The molecule has 0 atom stereocenters. The summed E-state index contributed by atoms with van der Waals surface area (Å²) in [6.45, 7) is 3.92. The molecule has 5 nitrogen and oxygen atoms in total. The van der Waals surface area contributed by atoms with E-state index >= 15 is 0 Å². The molecule has 3 aromatic rings. The number of rotatable bonds is 7. The van der Waals surface area contributed by atoms with Crippen molar-refractivity contribution in [2.45, 2.75) is 19.9 Å². The highest BCUT2D eigenvalue weighted by molar-refractivity contribution is 6.04. The summed E-state index contributed by atoms with van der Waals surface area (Å²) in [6, 6.07) is 20.6. The van der Waals surface area contributed by atoms with Crippen LogP contribution in [-0.4, -0.2) is 36.5 Å². The Morgan fingerprint density at radius 3 is 2.29 bits per heavy atom. The number of amides is 1. The maximum atomic E-state index is 13.9. The first-order valence-corrected chi connectivity index (χ1v) is 11.4. The molecule has 1 N–H and O–H groups in total. The molecule has 1 heterocycles. The number of halogens is 2. The molecule has 7 heteroatoms. The van der Waals surface area contributed by atoms with Gasteiger partial charge in [-0.1, -0.05) is 48.5 Å². The van der Waals surface area contributed by atoms with Gasteiger partial charge in [0.05, 0.1) is 0 Å². The van der Waals surface area contributed by atoms with Gasteiger partial charge in [0.25, 0.3) is 5.91 Å². The Balaban J connectivity index is 1.51. The van der Waals surface area contributed by atoms with Gasteiger partial charge in [-0.2, -0.15) is 0 Å². The van der Waals surface area contributed by atoms with Crippen molar-refractivity contribution in [3.8, 4) is 0 Å². The largest absolute Gasteiger partial charge is 0.461 e. The Labute approximate surface area is 203 Å². The molecule has 0 aromatic heterocycles. The van der Waals surface area contributed by atoms with Crippen molar-refractivity contribution in [1.82, 2.24) is 4.90 Å². The second-order valence-electron chi connectivity index (χ2n) is 8.44. The van der Waals surface area contributed by atoms with Crippen LogP contribution in [-0.2, 0) is 16.1 Å². The van der Waals surface area contributed by atoms with Crippen LogP contribution in [0.4, 0.5) is 14.5 Å². The van der Waals surface area contributed by atoms with E-state index < -0.39 is 23.1 Å². The maximum absolute atomic E-state index is 13.9. The second kappa shape index (κ2) is 11.1. The van der Waals surface area contributed by atoms with Crippen LogP contribution in [0, 0.1) is 11.6 Å². The van der Waals surface area contributed by atoms with Crippen LogP contribution in [0.3, 0.4) is 0 Å². The predicted octanol–water partition coefficient (Wildman–Crippen LogP) is 5.44. The standard InChI is InChI=1S/C28H26F2N2O3/c1-19(33)35-18-22-17-32(16-20-6-3-2-4-7-20)15-14-24(22)21-10-12-23(13-11-21)31-28(34)27-25(29)8-5-9-26(27)30/h2-13H,14-18H2,1H3,(H,31,34). The molecule has 4 rings (SSSR count). The van der Waals surface area contributed by atoms with E-state index in [2.05, 4.69) is 22.3 Å². The average Bonchev–Trinajstić information content (AvgIpc) is 2.84. The van der Waals surface area contributed by atoms with Crippen LogP contribution in [0.2, 0.25) is 0 Å². The molecule has 0 fully saturated rings. The Morgan fingerprint density at radius 2 is 1.63 bits per heavy atom. The van der Waals surface area contributed by atoms with Gasteiger partial charge in [0, 0.05) is 32.2 Å². The summed E-state index contributed by atoms with van der Waals surface area (Å²) in [5.74, 6) is -3.02. The lowest BCUT2D eigenvalue weighted by atomic mass is 9.93. The summed E-state index contributed by atoms with van der Waals surface area (Å²) in [4.78, 5) is 26.2. The topological polar surface area (TPSA) is 58.6 Å². The molecular formula is C28H26F2N2O3. The first-order valence-electron chi connectivity index (χ1n) is 11.4. The van der Waals surface area contributed by atoms with Gasteiger partial charge < -0.3 is 10.1 Å². The SMILES string of the molecule is CC(=O)OCC1=C(c2ccc(NC(=O)c3c(F)cccc3F)cc2)CCN(Cc2ccccc2)C1. The molecule has 0 unspecified atom stereocenters. The van der Waals surface area contributed by atoms with E-state index in [1.54, 1.807) is 12.1 Å². The zero-order valence-corrected chi connectivity index (χ0v) is 19.4. The van der Waals surface area contributed by atoms with Gasteiger partial charge in [0.1, 0.15) is 23.8 Å². The van der Waals surface area contributed by atoms with E-state index in [0.717, 1.165) is 48.4 Å². The van der Waals surface area contributed by atoms with Crippen LogP contribution in [0.1, 0.15) is 34.8 Å². The highest BCUT2D eigenvalue weighted by Crippen LogP contribution is 2.29. The molecule has 0 saturated heterocycles. The molecule has 0 aliphatic carbocycles. The molecule has 0 spiro atoms. The number of esters is 1. The van der Waals surface area contributed by atoms with Gasteiger partial charge in [-0.3, -0.25) is 14.5 Å². The summed E-state index contributed by atoms with van der Waals surface area (Å²) in [5.41, 5.74) is 4.08. The lowest BCUT2D eigenvalue weighted by Gasteiger charge is -2.31. The van der Waals surface area contributed by atoms with Crippen LogP contribution in [0.25, 0.3) is 5.57 Å². The minimum absolute atomic E-state index is 0.209. The third-order valence-electron chi connectivity index (χ3n) is 5.90. The molecule has 1 aliphatic rings. The average molecular weight is 477 g/mol. The number of nitrogens with one attached hydrogen (secondary N) is 1. The normalized spacial score (nSPS) is 14.0. The molecule has 1 amide bonds. The second-order valence-corrected chi connectivity index (χ2v) is 8.44. The summed E-state index contributed by atoms with van der Waals surface area (Å²) in [6.07, 6.45) is 0.773. The first kappa shape index (κ1) is 24.3. The van der Waals surface area contributed by atoms with Crippen LogP contribution >= 0.6 is 0 Å². The molecular weight excluding hydrogens is 450 g/mol. The zero-order valence-electron chi connectivity index (χ0n) is 19.4. The smallest absolute Gasteiger partial charge is 0.302 e. The predicted molar refractivity (Wildman–Crippen MR) is 131 cm³/mol. The van der Waals surface area contributed by atoms with E-state index in [1.807, 2.05) is 30.3 Å². The molecule has 3 aromatic carbocycles. The summed E-state index contributed by atoms with van der Waals surface area (Å²) in [5, 5.41) is 2.54. The fraction of sp³-hybridized carbons (Fsp3) is 0.214. The first-order chi connectivity index (χ1) is 16.9. The van der Waals surface area contributed by atoms with Crippen molar-refractivity contribution in [2.75, 3.05) is 25.0 Å². The number of anilines is 1. The summed E-state index contributed by atoms with van der Waals surface area (Å²) in [7, 11) is 0. The molecule has 180 valence electrons. The number of benzene rings is 3. The Bertz CT molecular complexity index is 1220. The van der Waals surface area contributed by atoms with Crippen LogP contribution < -0.4 is 5.32 Å². The van der Waals surface area contributed by atoms with Gasteiger partial charge in [0.2, 0.25) is 0 Å². The van der Waals surface area contributed by atoms with Crippen LogP contribution in [0.15, 0.2) is 78.4 Å². The minimum Gasteiger partial charge on any atom is -0.461 e. The maximum Gasteiger partial charge on any atom is 0.302 e. The van der Waals surface area contributed by atoms with Crippen molar-refractivity contribution in [1.29, 1.82) is 0 Å². The highest BCUT2D eigenvalue weighted by Gasteiger charge is 2.22. The lowest BCUT2D eigenvalue weighted by molar-refractivity contribution is -0.140. The number of hydrogen-bond donors (Lipinski definition) is 1. The van der Waals surface area contributed by atoms with Crippen LogP contribution in [0.5, 0.6) is 0 Å². The van der Waals surface area contributed by atoms with Gasteiger partial charge in [-0.05, 0) is 53.0 Å². The summed E-state index contributed by atoms with van der Waals surface area (Å²) >= 11 is 0. The quantitative estimate of drug-likeness (QED) is 0.462. The summed E-state index contributed by atoms with van der Waals surface area (Å²) < 4.78 is 33.1.